The Morgan fingerprint density at radius 3 is 3.00 bits per heavy atom. The summed E-state index contributed by atoms with van der Waals surface area (Å²) in [5.41, 5.74) is 0.834. The second-order valence-corrected chi connectivity index (χ2v) is 5.42. The summed E-state index contributed by atoms with van der Waals surface area (Å²) in [6.45, 7) is 0.510. The molecule has 2 heterocycles. The van der Waals surface area contributed by atoms with Crippen LogP contribution in [0.2, 0.25) is 0 Å². The Hall–Kier alpha value is -1.61. The van der Waals surface area contributed by atoms with E-state index in [0.717, 1.165) is 5.56 Å². The minimum absolute atomic E-state index is 0.0662. The number of hydrogen-bond acceptors (Lipinski definition) is 6. The van der Waals surface area contributed by atoms with Gasteiger partial charge in [0.15, 0.2) is 0 Å². The van der Waals surface area contributed by atoms with Crippen LogP contribution >= 0.6 is 10.7 Å². The molecule has 2 rings (SSSR count). The maximum atomic E-state index is 11.1. The van der Waals surface area contributed by atoms with Crippen LogP contribution in [0.4, 0.5) is 10.7 Å². The molecule has 0 atom stereocenters. The Kier molecular flexibility index (Phi) is 3.03. The first-order chi connectivity index (χ1) is 7.94. The molecule has 0 saturated carbocycles. The van der Waals surface area contributed by atoms with Crippen LogP contribution in [0.1, 0.15) is 5.56 Å². The maximum absolute atomic E-state index is 11.1. The van der Waals surface area contributed by atoms with E-state index in [-0.39, 0.29) is 5.95 Å². The molecule has 1 aliphatic heterocycles. The predicted molar refractivity (Wildman–Crippen MR) is 58.2 cm³/mol. The number of carbonyl (C=O) groups is 1. The van der Waals surface area contributed by atoms with Gasteiger partial charge in [0.05, 0.1) is 6.61 Å². The second-order valence-electron chi connectivity index (χ2n) is 3.12. The van der Waals surface area contributed by atoms with Gasteiger partial charge in [0.1, 0.15) is 0 Å². The van der Waals surface area contributed by atoms with Crippen molar-refractivity contribution >= 4 is 31.9 Å². The molecule has 0 aliphatic carbocycles. The van der Waals surface area contributed by atoms with Crippen LogP contribution in [0, 0.1) is 0 Å². The molecular weight excluding hydrogens is 272 g/mol. The van der Waals surface area contributed by atoms with Gasteiger partial charge in [0.25, 0.3) is 0 Å². The van der Waals surface area contributed by atoms with Crippen molar-refractivity contribution in [2.75, 3.05) is 11.9 Å². The summed E-state index contributed by atoms with van der Waals surface area (Å²) in [4.78, 5) is 18.8. The van der Waals surface area contributed by atoms with Crippen molar-refractivity contribution in [3.05, 3.63) is 11.8 Å². The van der Waals surface area contributed by atoms with Crippen LogP contribution < -0.4 is 14.8 Å². The Morgan fingerprint density at radius 2 is 2.29 bits per heavy atom. The molecule has 2 N–H and O–H groups in total. The summed E-state index contributed by atoms with van der Waals surface area (Å²) in [5, 5.41) is 2.11. The van der Waals surface area contributed by atoms with Gasteiger partial charge in [-0.05, 0) is 0 Å². The summed E-state index contributed by atoms with van der Waals surface area (Å²) in [6.07, 6.45) is 2.21. The molecule has 8 nitrogen and oxygen atoms in total. The van der Waals surface area contributed by atoms with E-state index in [0.29, 0.717) is 18.9 Å². The van der Waals surface area contributed by atoms with Crippen LogP contribution in [-0.4, -0.2) is 31.0 Å². The van der Waals surface area contributed by atoms with Gasteiger partial charge in [-0.25, -0.2) is 14.5 Å². The zero-order valence-electron chi connectivity index (χ0n) is 8.31. The number of carbonyl (C=O) groups excluding carboxylic acids is 1. The Labute approximate surface area is 101 Å². The third kappa shape index (κ3) is 3.17. The van der Waals surface area contributed by atoms with Crippen molar-refractivity contribution in [2.24, 2.45) is 0 Å². The van der Waals surface area contributed by atoms with Crippen LogP contribution in [0.5, 0.6) is 5.88 Å². The molecule has 0 aromatic carbocycles. The zero-order chi connectivity index (χ0) is 12.5. The zero-order valence-corrected chi connectivity index (χ0v) is 9.88. The van der Waals surface area contributed by atoms with E-state index in [2.05, 4.69) is 15.3 Å². The van der Waals surface area contributed by atoms with Gasteiger partial charge in [-0.3, -0.25) is 5.32 Å². The van der Waals surface area contributed by atoms with E-state index in [1.165, 1.54) is 10.9 Å². The normalized spacial score (nSPS) is 13.7. The van der Waals surface area contributed by atoms with Crippen molar-refractivity contribution in [1.82, 2.24) is 14.7 Å². The number of fused-ring (bicyclic) bond motifs is 1. The van der Waals surface area contributed by atoms with E-state index in [4.69, 9.17) is 15.4 Å². The van der Waals surface area contributed by atoms with Crippen molar-refractivity contribution in [3.8, 4) is 5.88 Å². The second kappa shape index (κ2) is 4.34. The fraction of sp³-hybridized carbons (Fsp3) is 0.286. The summed E-state index contributed by atoms with van der Waals surface area (Å²) in [6, 6.07) is -1.04. The largest absolute Gasteiger partial charge is 0.477 e. The first kappa shape index (κ1) is 11.9. The molecular formula is C7H7ClN4O4S. The van der Waals surface area contributed by atoms with Crippen LogP contribution in [0.3, 0.4) is 0 Å². The van der Waals surface area contributed by atoms with E-state index < -0.39 is 15.3 Å². The highest BCUT2D eigenvalue weighted by Gasteiger charge is 2.17. The van der Waals surface area contributed by atoms with Crippen molar-refractivity contribution in [2.45, 2.75) is 6.42 Å². The van der Waals surface area contributed by atoms with Gasteiger partial charge in [-0.15, -0.1) is 0 Å². The molecule has 17 heavy (non-hydrogen) atoms. The molecule has 1 aromatic rings. The minimum Gasteiger partial charge on any atom is -0.477 e. The number of nitrogens with zero attached hydrogens (tertiary/aromatic N) is 2. The van der Waals surface area contributed by atoms with Crippen molar-refractivity contribution in [3.63, 3.8) is 0 Å². The SMILES string of the molecule is O=C(Nc1ncc2c(n1)OCC2)NS(=O)(=O)Cl. The quantitative estimate of drug-likeness (QED) is 0.738. The summed E-state index contributed by atoms with van der Waals surface area (Å²) in [5.74, 6) is 0.312. The van der Waals surface area contributed by atoms with Gasteiger partial charge in [-0.2, -0.15) is 13.4 Å². The number of rotatable bonds is 2. The number of ether oxygens (including phenoxy) is 1. The fourth-order valence-electron chi connectivity index (χ4n) is 1.24. The standard InChI is InChI=1S/C7H7ClN4O4S/c8-17(14,15)12-7(13)11-6-9-3-4-1-2-16-5(4)10-6/h3H,1-2H2,(H2,9,10,11,12,13). The first-order valence-electron chi connectivity index (χ1n) is 4.46. The Morgan fingerprint density at radius 1 is 1.53 bits per heavy atom. The maximum Gasteiger partial charge on any atom is 0.336 e. The lowest BCUT2D eigenvalue weighted by atomic mass is 10.3. The van der Waals surface area contributed by atoms with E-state index in [1.807, 2.05) is 0 Å². The molecule has 0 radical (unpaired) electrons. The minimum atomic E-state index is -4.13. The average Bonchev–Trinajstić information content (AvgIpc) is 2.61. The van der Waals surface area contributed by atoms with Gasteiger partial charge in [0.2, 0.25) is 11.8 Å². The lowest BCUT2D eigenvalue weighted by Crippen LogP contribution is -2.31. The molecule has 0 bridgehead atoms. The number of aromatic nitrogens is 2. The highest BCUT2D eigenvalue weighted by atomic mass is 35.7. The van der Waals surface area contributed by atoms with Crippen molar-refractivity contribution < 1.29 is 17.9 Å². The number of hydrogen-bond donors (Lipinski definition) is 2. The third-order valence-electron chi connectivity index (χ3n) is 1.87. The van der Waals surface area contributed by atoms with Crippen LogP contribution in [0.25, 0.3) is 0 Å². The Bertz CT molecular complexity index is 561. The molecule has 10 heteroatoms. The lowest BCUT2D eigenvalue weighted by Gasteiger charge is -2.04. The van der Waals surface area contributed by atoms with Crippen LogP contribution in [0.15, 0.2) is 6.20 Å². The number of amides is 2. The molecule has 1 aromatic heterocycles. The molecule has 92 valence electrons. The highest BCUT2D eigenvalue weighted by molar-refractivity contribution is 8.12. The predicted octanol–water partition coefficient (Wildman–Crippen LogP) is 0.0166. The lowest BCUT2D eigenvalue weighted by molar-refractivity contribution is 0.256. The average molecular weight is 279 g/mol. The van der Waals surface area contributed by atoms with Gasteiger partial charge >= 0.3 is 15.3 Å². The number of urea groups is 1. The van der Waals surface area contributed by atoms with Gasteiger partial charge < -0.3 is 4.74 Å². The third-order valence-corrected chi connectivity index (χ3v) is 2.54. The molecule has 0 saturated heterocycles. The first-order valence-corrected chi connectivity index (χ1v) is 6.77. The molecule has 0 spiro atoms. The van der Waals surface area contributed by atoms with E-state index in [9.17, 15) is 13.2 Å². The van der Waals surface area contributed by atoms with E-state index in [1.54, 1.807) is 0 Å². The fourth-order valence-corrected chi connectivity index (χ4v) is 1.73. The molecule has 1 aliphatic rings. The van der Waals surface area contributed by atoms with E-state index >= 15 is 0 Å². The topological polar surface area (TPSA) is 110 Å². The number of nitrogens with one attached hydrogen (secondary N) is 2. The smallest absolute Gasteiger partial charge is 0.336 e. The molecule has 0 fully saturated rings. The van der Waals surface area contributed by atoms with Gasteiger partial charge in [0, 0.05) is 28.9 Å². The van der Waals surface area contributed by atoms with Crippen LogP contribution in [-0.2, 0) is 15.7 Å². The van der Waals surface area contributed by atoms with Gasteiger partial charge in [-0.1, -0.05) is 0 Å². The Balaban J connectivity index is 2.07. The number of anilines is 1. The monoisotopic (exact) mass is 278 g/mol. The van der Waals surface area contributed by atoms with Crippen molar-refractivity contribution in [1.29, 1.82) is 0 Å². The number of halogens is 1. The molecule has 2 amide bonds. The summed E-state index contributed by atoms with van der Waals surface area (Å²) < 4.78 is 27.8. The molecule has 0 unspecified atom stereocenters. The summed E-state index contributed by atoms with van der Waals surface area (Å²) >= 11 is 0. The summed E-state index contributed by atoms with van der Waals surface area (Å²) in [7, 11) is 0.691. The highest BCUT2D eigenvalue weighted by Crippen LogP contribution is 2.22.